The molecule has 0 spiro atoms. The Morgan fingerprint density at radius 3 is 2.09 bits per heavy atom. The maximum atomic E-state index is 12.7. The average Bonchev–Trinajstić information content (AvgIpc) is 2.59. The van der Waals surface area contributed by atoms with E-state index in [0.717, 1.165) is 12.0 Å². The van der Waals surface area contributed by atoms with Crippen LogP contribution >= 0.6 is 0 Å². The Balaban J connectivity index is 2.28. The number of amides is 1. The monoisotopic (exact) mass is 299 g/mol. The van der Waals surface area contributed by atoms with E-state index < -0.39 is 0 Å². The second-order valence-corrected chi connectivity index (χ2v) is 4.88. The number of carbonyl (C=O) groups excluding carboxylic acids is 1. The summed E-state index contributed by atoms with van der Waals surface area (Å²) in [6.45, 7) is 2.04. The molecule has 1 atom stereocenters. The molecule has 0 fully saturated rings. The highest BCUT2D eigenvalue weighted by molar-refractivity contribution is 6.00. The van der Waals surface area contributed by atoms with Crippen molar-refractivity contribution in [1.29, 1.82) is 0 Å². The molecule has 0 saturated carbocycles. The Morgan fingerprint density at radius 2 is 1.59 bits per heavy atom. The summed E-state index contributed by atoms with van der Waals surface area (Å²) in [7, 11) is 3.08. The second-order valence-electron chi connectivity index (χ2n) is 4.88. The number of ether oxygens (including phenoxy) is 2. The first-order valence-electron chi connectivity index (χ1n) is 7.28. The van der Waals surface area contributed by atoms with Gasteiger partial charge in [-0.15, -0.1) is 0 Å². The summed E-state index contributed by atoms with van der Waals surface area (Å²) in [5.74, 6) is 0.796. The first-order chi connectivity index (χ1) is 10.7. The lowest BCUT2D eigenvalue weighted by Crippen LogP contribution is -2.28. The number of hydrogen-bond acceptors (Lipinski definition) is 3. The van der Waals surface area contributed by atoms with E-state index in [9.17, 15) is 4.79 Å². The third kappa shape index (κ3) is 3.39. The summed E-state index contributed by atoms with van der Waals surface area (Å²) >= 11 is 0. The van der Waals surface area contributed by atoms with Gasteiger partial charge in [0.25, 0.3) is 5.91 Å². The molecule has 4 nitrogen and oxygen atoms in total. The number of hydrogen-bond donors (Lipinski definition) is 1. The van der Waals surface area contributed by atoms with Gasteiger partial charge in [-0.1, -0.05) is 43.3 Å². The minimum atomic E-state index is -0.204. The molecule has 2 aromatic rings. The number of methoxy groups -OCH3 is 2. The van der Waals surface area contributed by atoms with Crippen LogP contribution in [0.1, 0.15) is 35.3 Å². The van der Waals surface area contributed by atoms with Crippen LogP contribution in [0.4, 0.5) is 0 Å². The van der Waals surface area contributed by atoms with Crippen LogP contribution in [0.15, 0.2) is 48.5 Å². The van der Waals surface area contributed by atoms with Crippen LogP contribution in [0, 0.1) is 0 Å². The first-order valence-corrected chi connectivity index (χ1v) is 7.28. The van der Waals surface area contributed by atoms with E-state index in [1.54, 1.807) is 32.4 Å². The molecule has 116 valence electrons. The van der Waals surface area contributed by atoms with Gasteiger partial charge < -0.3 is 14.8 Å². The zero-order chi connectivity index (χ0) is 15.9. The number of nitrogens with one attached hydrogen (secondary N) is 1. The number of carbonyl (C=O) groups is 1. The predicted molar refractivity (Wildman–Crippen MR) is 86.5 cm³/mol. The van der Waals surface area contributed by atoms with Crippen molar-refractivity contribution >= 4 is 5.91 Å². The fraction of sp³-hybridized carbons (Fsp3) is 0.278. The molecule has 2 aromatic carbocycles. The molecule has 22 heavy (non-hydrogen) atoms. The summed E-state index contributed by atoms with van der Waals surface area (Å²) in [4.78, 5) is 12.7. The zero-order valence-electron chi connectivity index (χ0n) is 13.1. The molecule has 0 aliphatic carbocycles. The Hall–Kier alpha value is -2.49. The SMILES string of the molecule is CC[C@@H](NC(=O)c1c(OC)cccc1OC)c1ccccc1. The van der Waals surface area contributed by atoms with Crippen molar-refractivity contribution in [3.05, 3.63) is 59.7 Å². The molecule has 0 saturated heterocycles. The molecule has 2 rings (SSSR count). The fourth-order valence-corrected chi connectivity index (χ4v) is 2.41. The van der Waals surface area contributed by atoms with Gasteiger partial charge in [0.15, 0.2) is 0 Å². The van der Waals surface area contributed by atoms with Gasteiger partial charge in [0.05, 0.1) is 20.3 Å². The topological polar surface area (TPSA) is 47.6 Å². The minimum absolute atomic E-state index is 0.0525. The smallest absolute Gasteiger partial charge is 0.259 e. The van der Waals surface area contributed by atoms with Gasteiger partial charge in [-0.3, -0.25) is 4.79 Å². The van der Waals surface area contributed by atoms with Crippen molar-refractivity contribution in [2.75, 3.05) is 14.2 Å². The van der Waals surface area contributed by atoms with Gasteiger partial charge in [0.1, 0.15) is 17.1 Å². The van der Waals surface area contributed by atoms with Crippen molar-refractivity contribution < 1.29 is 14.3 Å². The highest BCUT2D eigenvalue weighted by atomic mass is 16.5. The van der Waals surface area contributed by atoms with E-state index in [1.165, 1.54) is 0 Å². The lowest BCUT2D eigenvalue weighted by molar-refractivity contribution is 0.0929. The van der Waals surface area contributed by atoms with Crippen LogP contribution in [0.2, 0.25) is 0 Å². The van der Waals surface area contributed by atoms with E-state index in [1.807, 2.05) is 37.3 Å². The van der Waals surface area contributed by atoms with Crippen LogP contribution in [0.3, 0.4) is 0 Å². The zero-order valence-corrected chi connectivity index (χ0v) is 13.1. The van der Waals surface area contributed by atoms with E-state index in [2.05, 4.69) is 5.32 Å². The van der Waals surface area contributed by atoms with Crippen molar-refractivity contribution in [2.45, 2.75) is 19.4 Å². The van der Waals surface area contributed by atoms with E-state index in [-0.39, 0.29) is 11.9 Å². The van der Waals surface area contributed by atoms with Crippen LogP contribution < -0.4 is 14.8 Å². The number of benzene rings is 2. The fourth-order valence-electron chi connectivity index (χ4n) is 2.41. The summed E-state index contributed by atoms with van der Waals surface area (Å²) in [6.07, 6.45) is 0.799. The molecule has 1 amide bonds. The molecule has 0 bridgehead atoms. The largest absolute Gasteiger partial charge is 0.496 e. The second kappa shape index (κ2) is 7.50. The molecule has 0 aliphatic rings. The molecule has 0 heterocycles. The Kier molecular flexibility index (Phi) is 5.42. The van der Waals surface area contributed by atoms with Crippen LogP contribution in [-0.2, 0) is 0 Å². The van der Waals surface area contributed by atoms with Gasteiger partial charge in [-0.25, -0.2) is 0 Å². The molecular formula is C18H21NO3. The molecule has 0 unspecified atom stereocenters. The van der Waals surface area contributed by atoms with Crippen molar-refractivity contribution in [1.82, 2.24) is 5.32 Å². The van der Waals surface area contributed by atoms with Crippen molar-refractivity contribution in [3.63, 3.8) is 0 Å². The summed E-state index contributed by atoms with van der Waals surface area (Å²) in [5.41, 5.74) is 1.49. The van der Waals surface area contributed by atoms with Crippen LogP contribution in [0.25, 0.3) is 0 Å². The van der Waals surface area contributed by atoms with Gasteiger partial charge in [-0.05, 0) is 24.1 Å². The molecule has 0 aromatic heterocycles. The van der Waals surface area contributed by atoms with E-state index >= 15 is 0 Å². The van der Waals surface area contributed by atoms with Crippen molar-refractivity contribution in [2.24, 2.45) is 0 Å². The Bertz CT molecular complexity index is 603. The highest BCUT2D eigenvalue weighted by Crippen LogP contribution is 2.29. The lowest BCUT2D eigenvalue weighted by Gasteiger charge is -2.19. The first kappa shape index (κ1) is 15.9. The minimum Gasteiger partial charge on any atom is -0.496 e. The predicted octanol–water partition coefficient (Wildman–Crippen LogP) is 3.58. The summed E-state index contributed by atoms with van der Waals surface area (Å²) in [5, 5.41) is 3.05. The Morgan fingerprint density at radius 1 is 1.00 bits per heavy atom. The van der Waals surface area contributed by atoms with Crippen molar-refractivity contribution in [3.8, 4) is 11.5 Å². The van der Waals surface area contributed by atoms with Crippen LogP contribution in [0.5, 0.6) is 11.5 Å². The normalized spacial score (nSPS) is 11.6. The lowest BCUT2D eigenvalue weighted by atomic mass is 10.0. The standard InChI is InChI=1S/C18H21NO3/c1-4-14(13-9-6-5-7-10-13)19-18(20)17-15(21-2)11-8-12-16(17)22-3/h5-12,14H,4H2,1-3H3,(H,19,20)/t14-/m1/s1. The molecule has 1 N–H and O–H groups in total. The van der Waals surface area contributed by atoms with E-state index in [0.29, 0.717) is 17.1 Å². The molecule has 4 heteroatoms. The molecule has 0 aliphatic heterocycles. The van der Waals surface area contributed by atoms with Gasteiger partial charge in [-0.2, -0.15) is 0 Å². The highest BCUT2D eigenvalue weighted by Gasteiger charge is 2.21. The van der Waals surface area contributed by atoms with E-state index in [4.69, 9.17) is 9.47 Å². The summed E-state index contributed by atoms with van der Waals surface area (Å²) in [6, 6.07) is 15.2. The molecule has 0 radical (unpaired) electrons. The van der Waals surface area contributed by atoms with Gasteiger partial charge in [0, 0.05) is 0 Å². The molecular weight excluding hydrogens is 278 g/mol. The van der Waals surface area contributed by atoms with Gasteiger partial charge >= 0.3 is 0 Å². The van der Waals surface area contributed by atoms with Gasteiger partial charge in [0.2, 0.25) is 0 Å². The van der Waals surface area contributed by atoms with Crippen LogP contribution in [-0.4, -0.2) is 20.1 Å². The maximum Gasteiger partial charge on any atom is 0.259 e. The quantitative estimate of drug-likeness (QED) is 0.887. The maximum absolute atomic E-state index is 12.7. The third-order valence-electron chi connectivity index (χ3n) is 3.57. The summed E-state index contributed by atoms with van der Waals surface area (Å²) < 4.78 is 10.6. The third-order valence-corrected chi connectivity index (χ3v) is 3.57. The number of rotatable bonds is 6. The average molecular weight is 299 g/mol. The Labute approximate surface area is 131 Å².